The molecule has 7 heteroatoms. The lowest BCUT2D eigenvalue weighted by Crippen LogP contribution is -2.24. The van der Waals surface area contributed by atoms with E-state index in [-0.39, 0.29) is 6.54 Å². The zero-order chi connectivity index (χ0) is 12.2. The Morgan fingerprint density at radius 1 is 1.44 bits per heavy atom. The molecule has 0 bridgehead atoms. The predicted octanol–water partition coefficient (Wildman–Crippen LogP) is 0.401. The van der Waals surface area contributed by atoms with Crippen molar-refractivity contribution in [3.63, 3.8) is 0 Å². The molecule has 16 heavy (non-hydrogen) atoms. The number of carbonyl (C=O) groups is 1. The molecule has 0 atom stereocenters. The van der Waals surface area contributed by atoms with Gasteiger partial charge in [-0.25, -0.2) is 13.1 Å². The lowest BCUT2D eigenvalue weighted by atomic mass is 10.1. The highest BCUT2D eigenvalue weighted by Gasteiger charge is 2.08. The third-order valence-electron chi connectivity index (χ3n) is 1.85. The number of hydrogen-bond donors (Lipinski definition) is 2. The van der Waals surface area contributed by atoms with Gasteiger partial charge in [0.15, 0.2) is 0 Å². The highest BCUT2D eigenvalue weighted by molar-refractivity contribution is 7.90. The molecule has 1 aromatic carbocycles. The standard InChI is InChI=1S/C9H11ClN2O3S/c10-6-16(14,15)12-5-7-2-1-3-8(4-7)9(11)13/h1-4,12H,5-6H2,(H2,11,13). The summed E-state index contributed by atoms with van der Waals surface area (Å²) < 4.78 is 24.4. The Balaban J connectivity index is 2.75. The molecule has 0 radical (unpaired) electrons. The average Bonchev–Trinajstić information content (AvgIpc) is 2.27. The first kappa shape index (κ1) is 13.0. The molecule has 0 saturated carbocycles. The van der Waals surface area contributed by atoms with Crippen LogP contribution < -0.4 is 10.5 Å². The zero-order valence-corrected chi connectivity index (χ0v) is 9.88. The highest BCUT2D eigenvalue weighted by atomic mass is 35.5. The predicted molar refractivity (Wildman–Crippen MR) is 61.4 cm³/mol. The molecule has 0 heterocycles. The molecule has 0 unspecified atom stereocenters. The van der Waals surface area contributed by atoms with E-state index in [1.807, 2.05) is 0 Å². The topological polar surface area (TPSA) is 89.3 Å². The Kier molecular flexibility index (Phi) is 4.28. The number of alkyl halides is 1. The van der Waals surface area contributed by atoms with Crippen molar-refractivity contribution < 1.29 is 13.2 Å². The molecule has 3 N–H and O–H groups in total. The smallest absolute Gasteiger partial charge is 0.248 e. The summed E-state index contributed by atoms with van der Waals surface area (Å²) in [6.07, 6.45) is 0. The van der Waals surface area contributed by atoms with Gasteiger partial charge in [0.25, 0.3) is 0 Å². The van der Waals surface area contributed by atoms with E-state index in [1.54, 1.807) is 18.2 Å². The lowest BCUT2D eigenvalue weighted by Gasteiger charge is -2.04. The number of nitrogens with two attached hydrogens (primary N) is 1. The van der Waals surface area contributed by atoms with E-state index in [9.17, 15) is 13.2 Å². The lowest BCUT2D eigenvalue weighted by molar-refractivity contribution is 0.1000. The minimum Gasteiger partial charge on any atom is -0.366 e. The Labute approximate surface area is 98.6 Å². The SMILES string of the molecule is NC(=O)c1cccc(CNS(=O)(=O)CCl)c1. The second kappa shape index (κ2) is 5.29. The van der Waals surface area contributed by atoms with Gasteiger partial charge in [-0.15, -0.1) is 11.6 Å². The molecule has 1 rings (SSSR count). The van der Waals surface area contributed by atoms with E-state index in [4.69, 9.17) is 17.3 Å². The maximum absolute atomic E-state index is 11.1. The molecule has 0 aliphatic heterocycles. The number of sulfonamides is 1. The fourth-order valence-corrected chi connectivity index (χ4v) is 1.76. The molecule has 0 aromatic heterocycles. The van der Waals surface area contributed by atoms with E-state index in [0.29, 0.717) is 11.1 Å². The second-order valence-electron chi connectivity index (χ2n) is 3.11. The van der Waals surface area contributed by atoms with Crippen LogP contribution in [0.4, 0.5) is 0 Å². The average molecular weight is 263 g/mol. The first-order valence-electron chi connectivity index (χ1n) is 4.36. The molecule has 0 fully saturated rings. The first-order valence-corrected chi connectivity index (χ1v) is 6.55. The number of carbonyl (C=O) groups excluding carboxylic acids is 1. The number of nitrogens with one attached hydrogen (secondary N) is 1. The van der Waals surface area contributed by atoms with Gasteiger partial charge in [0, 0.05) is 12.1 Å². The first-order chi connectivity index (χ1) is 7.44. The van der Waals surface area contributed by atoms with Crippen LogP contribution in [0.15, 0.2) is 24.3 Å². The van der Waals surface area contributed by atoms with Crippen LogP contribution in [0, 0.1) is 0 Å². The van der Waals surface area contributed by atoms with Crippen LogP contribution in [0.25, 0.3) is 0 Å². The Morgan fingerprint density at radius 3 is 2.69 bits per heavy atom. The van der Waals surface area contributed by atoms with Crippen molar-refractivity contribution >= 4 is 27.5 Å². The maximum atomic E-state index is 11.1. The van der Waals surface area contributed by atoms with Crippen molar-refractivity contribution in [2.75, 3.05) is 5.21 Å². The van der Waals surface area contributed by atoms with E-state index in [0.717, 1.165) is 0 Å². The summed E-state index contributed by atoms with van der Waals surface area (Å²) in [4.78, 5) is 10.9. The van der Waals surface area contributed by atoms with Crippen molar-refractivity contribution in [1.82, 2.24) is 4.72 Å². The van der Waals surface area contributed by atoms with Gasteiger partial charge in [0.1, 0.15) is 5.21 Å². The number of benzene rings is 1. The highest BCUT2D eigenvalue weighted by Crippen LogP contribution is 2.05. The van der Waals surface area contributed by atoms with E-state index >= 15 is 0 Å². The third-order valence-corrected chi connectivity index (χ3v) is 3.58. The van der Waals surface area contributed by atoms with Crippen LogP contribution in [0.1, 0.15) is 15.9 Å². The molecule has 1 amide bonds. The van der Waals surface area contributed by atoms with Gasteiger partial charge in [-0.1, -0.05) is 12.1 Å². The summed E-state index contributed by atoms with van der Waals surface area (Å²) in [5.74, 6) is -0.554. The van der Waals surface area contributed by atoms with E-state index in [1.165, 1.54) is 6.07 Å². The van der Waals surface area contributed by atoms with Crippen molar-refractivity contribution in [3.8, 4) is 0 Å². The molecule has 88 valence electrons. The van der Waals surface area contributed by atoms with Crippen LogP contribution in [0.2, 0.25) is 0 Å². The normalized spacial score (nSPS) is 11.3. The van der Waals surface area contributed by atoms with E-state index in [2.05, 4.69) is 4.72 Å². The zero-order valence-electron chi connectivity index (χ0n) is 8.31. The molecular formula is C9H11ClN2O3S. The molecule has 0 aliphatic rings. The van der Waals surface area contributed by atoms with Crippen LogP contribution in [0.5, 0.6) is 0 Å². The second-order valence-corrected chi connectivity index (χ2v) is 5.50. The van der Waals surface area contributed by atoms with Gasteiger partial charge in [-0.3, -0.25) is 4.79 Å². The quantitative estimate of drug-likeness (QED) is 0.753. The molecule has 1 aromatic rings. The van der Waals surface area contributed by atoms with Crippen molar-refractivity contribution in [2.45, 2.75) is 6.54 Å². The fourth-order valence-electron chi connectivity index (χ4n) is 1.07. The Morgan fingerprint density at radius 2 is 2.12 bits per heavy atom. The van der Waals surface area contributed by atoms with Gasteiger partial charge >= 0.3 is 0 Å². The summed E-state index contributed by atoms with van der Waals surface area (Å²) >= 11 is 5.22. The van der Waals surface area contributed by atoms with Crippen molar-refractivity contribution in [3.05, 3.63) is 35.4 Å². The monoisotopic (exact) mass is 262 g/mol. The number of hydrogen-bond acceptors (Lipinski definition) is 3. The van der Waals surface area contributed by atoms with Gasteiger partial charge in [0.05, 0.1) is 0 Å². The van der Waals surface area contributed by atoms with Crippen LogP contribution in [-0.4, -0.2) is 19.5 Å². The summed E-state index contributed by atoms with van der Waals surface area (Å²) in [5.41, 5.74) is 6.07. The van der Waals surface area contributed by atoms with Gasteiger partial charge in [-0.05, 0) is 17.7 Å². The summed E-state index contributed by atoms with van der Waals surface area (Å²) in [5, 5.41) is -0.498. The fraction of sp³-hybridized carbons (Fsp3) is 0.222. The number of amides is 1. The van der Waals surface area contributed by atoms with Gasteiger partial charge in [0.2, 0.25) is 15.9 Å². The molecule has 0 aliphatic carbocycles. The minimum absolute atomic E-state index is 0.0795. The van der Waals surface area contributed by atoms with Crippen LogP contribution >= 0.6 is 11.6 Å². The minimum atomic E-state index is -3.45. The third kappa shape index (κ3) is 3.80. The number of rotatable bonds is 5. The molecule has 0 spiro atoms. The summed E-state index contributed by atoms with van der Waals surface area (Å²) in [6, 6.07) is 6.40. The molecular weight excluding hydrogens is 252 g/mol. The Bertz CT molecular complexity index is 487. The number of halogens is 1. The summed E-state index contributed by atoms with van der Waals surface area (Å²) in [6.45, 7) is 0.0795. The Hall–Kier alpha value is -1.11. The largest absolute Gasteiger partial charge is 0.366 e. The van der Waals surface area contributed by atoms with E-state index < -0.39 is 21.1 Å². The van der Waals surface area contributed by atoms with Crippen molar-refractivity contribution in [2.24, 2.45) is 5.73 Å². The van der Waals surface area contributed by atoms with Crippen molar-refractivity contribution in [1.29, 1.82) is 0 Å². The summed E-state index contributed by atoms with van der Waals surface area (Å²) in [7, 11) is -3.45. The van der Waals surface area contributed by atoms with Crippen LogP contribution in [0.3, 0.4) is 0 Å². The maximum Gasteiger partial charge on any atom is 0.248 e. The van der Waals surface area contributed by atoms with Crippen LogP contribution in [-0.2, 0) is 16.6 Å². The number of primary amides is 1. The van der Waals surface area contributed by atoms with Gasteiger partial charge in [-0.2, -0.15) is 0 Å². The molecule has 5 nitrogen and oxygen atoms in total. The molecule has 0 saturated heterocycles. The van der Waals surface area contributed by atoms with Gasteiger partial charge < -0.3 is 5.73 Å².